The van der Waals surface area contributed by atoms with E-state index in [4.69, 9.17) is 5.73 Å². The van der Waals surface area contributed by atoms with Gasteiger partial charge in [-0.25, -0.2) is 0 Å². The van der Waals surface area contributed by atoms with Crippen molar-refractivity contribution in [1.82, 2.24) is 0 Å². The molecule has 102 valence electrons. The molecule has 3 nitrogen and oxygen atoms in total. The van der Waals surface area contributed by atoms with Crippen LogP contribution in [0, 0.1) is 3.57 Å². The molecule has 0 fully saturated rings. The molecule has 0 bridgehead atoms. The number of nitrogens with zero attached hydrogens (tertiary/aromatic N) is 1. The molecule has 0 spiro atoms. The van der Waals surface area contributed by atoms with Crippen molar-refractivity contribution >= 4 is 39.9 Å². The first-order chi connectivity index (χ1) is 9.63. The van der Waals surface area contributed by atoms with E-state index < -0.39 is 0 Å². The lowest BCUT2D eigenvalue weighted by Crippen LogP contribution is -2.34. The van der Waals surface area contributed by atoms with Crippen LogP contribution in [-0.4, -0.2) is 5.91 Å². The molecule has 0 aliphatic carbocycles. The van der Waals surface area contributed by atoms with Crippen LogP contribution >= 0.6 is 22.6 Å². The lowest BCUT2D eigenvalue weighted by Gasteiger charge is -2.29. The second-order valence-electron chi connectivity index (χ2n) is 4.99. The van der Waals surface area contributed by atoms with E-state index in [9.17, 15) is 4.79 Å². The van der Waals surface area contributed by atoms with Gasteiger partial charge in [0.2, 0.25) is 5.91 Å². The Kier molecular flexibility index (Phi) is 3.65. The number of carbonyl (C=O) groups excluding carboxylic acids is 1. The maximum atomic E-state index is 12.2. The van der Waals surface area contributed by atoms with Crippen LogP contribution in [0.25, 0.3) is 0 Å². The molecule has 0 saturated heterocycles. The van der Waals surface area contributed by atoms with Crippen LogP contribution in [0.3, 0.4) is 0 Å². The van der Waals surface area contributed by atoms with Crippen molar-refractivity contribution in [2.24, 2.45) is 0 Å². The SMILES string of the molecule is Nc1ccc2c(c1)CCC(=O)N2Cc1ccc(I)cc1. The number of benzene rings is 2. The average Bonchev–Trinajstić information content (AvgIpc) is 2.44. The molecular weight excluding hydrogens is 363 g/mol. The zero-order valence-corrected chi connectivity index (χ0v) is 13.1. The van der Waals surface area contributed by atoms with Gasteiger partial charge in [-0.2, -0.15) is 0 Å². The molecule has 0 atom stereocenters. The highest BCUT2D eigenvalue weighted by atomic mass is 127. The van der Waals surface area contributed by atoms with Gasteiger partial charge in [-0.3, -0.25) is 4.79 Å². The Bertz CT molecular complexity index is 652. The maximum Gasteiger partial charge on any atom is 0.227 e. The molecule has 2 N–H and O–H groups in total. The van der Waals surface area contributed by atoms with Crippen LogP contribution in [0.5, 0.6) is 0 Å². The molecule has 0 unspecified atom stereocenters. The number of halogens is 1. The van der Waals surface area contributed by atoms with Crippen LogP contribution in [0.1, 0.15) is 17.5 Å². The van der Waals surface area contributed by atoms with Gasteiger partial charge in [0.05, 0.1) is 6.54 Å². The number of nitrogen functional groups attached to an aromatic ring is 1. The van der Waals surface area contributed by atoms with Crippen molar-refractivity contribution in [3.63, 3.8) is 0 Å². The molecule has 3 rings (SSSR count). The first kappa shape index (κ1) is 13.4. The smallest absolute Gasteiger partial charge is 0.227 e. The molecule has 2 aromatic rings. The highest BCUT2D eigenvalue weighted by molar-refractivity contribution is 14.1. The fourth-order valence-electron chi connectivity index (χ4n) is 2.53. The third kappa shape index (κ3) is 2.65. The van der Waals surface area contributed by atoms with E-state index >= 15 is 0 Å². The third-order valence-corrected chi connectivity index (χ3v) is 4.28. The lowest BCUT2D eigenvalue weighted by molar-refractivity contribution is -0.119. The van der Waals surface area contributed by atoms with E-state index in [1.54, 1.807) is 0 Å². The van der Waals surface area contributed by atoms with Crippen molar-refractivity contribution in [1.29, 1.82) is 0 Å². The summed E-state index contributed by atoms with van der Waals surface area (Å²) in [6.45, 7) is 0.618. The summed E-state index contributed by atoms with van der Waals surface area (Å²) in [5.41, 5.74) is 9.88. The number of hydrogen-bond acceptors (Lipinski definition) is 2. The van der Waals surface area contributed by atoms with E-state index in [2.05, 4.69) is 46.9 Å². The summed E-state index contributed by atoms with van der Waals surface area (Å²) in [7, 11) is 0. The average molecular weight is 378 g/mol. The molecule has 1 aliphatic heterocycles. The summed E-state index contributed by atoms with van der Waals surface area (Å²) in [5.74, 6) is 0.181. The van der Waals surface area contributed by atoms with Crippen molar-refractivity contribution in [2.75, 3.05) is 10.6 Å². The molecule has 0 aromatic heterocycles. The number of fused-ring (bicyclic) bond motifs is 1. The standard InChI is InChI=1S/C16H15IN2O/c17-13-4-1-11(2-5-13)10-19-15-7-6-14(18)9-12(15)3-8-16(19)20/h1-2,4-7,9H,3,8,10,18H2. The third-order valence-electron chi connectivity index (χ3n) is 3.56. The minimum Gasteiger partial charge on any atom is -0.399 e. The fourth-order valence-corrected chi connectivity index (χ4v) is 2.89. The Balaban J connectivity index is 1.93. The Labute approximate surface area is 131 Å². The van der Waals surface area contributed by atoms with Crippen LogP contribution < -0.4 is 10.6 Å². The normalized spacial score (nSPS) is 14.2. The van der Waals surface area contributed by atoms with Gasteiger partial charge in [-0.05, 0) is 70.5 Å². The second kappa shape index (κ2) is 5.44. The number of hydrogen-bond donors (Lipinski definition) is 1. The van der Waals surface area contributed by atoms with E-state index in [1.165, 1.54) is 3.57 Å². The Morgan fingerprint density at radius 1 is 1.10 bits per heavy atom. The van der Waals surface area contributed by atoms with E-state index in [0.717, 1.165) is 28.9 Å². The van der Waals surface area contributed by atoms with E-state index in [-0.39, 0.29) is 5.91 Å². The Morgan fingerprint density at radius 2 is 1.85 bits per heavy atom. The number of amides is 1. The minimum absolute atomic E-state index is 0.181. The number of anilines is 2. The van der Waals surface area contributed by atoms with Gasteiger partial charge in [0.15, 0.2) is 0 Å². The molecular formula is C16H15IN2O. The number of rotatable bonds is 2. The summed E-state index contributed by atoms with van der Waals surface area (Å²) in [4.78, 5) is 14.1. The van der Waals surface area contributed by atoms with Crippen LogP contribution in [-0.2, 0) is 17.8 Å². The summed E-state index contributed by atoms with van der Waals surface area (Å²) >= 11 is 2.28. The van der Waals surface area contributed by atoms with Crippen LogP contribution in [0.2, 0.25) is 0 Å². The predicted octanol–water partition coefficient (Wildman–Crippen LogP) is 3.35. The first-order valence-electron chi connectivity index (χ1n) is 6.57. The lowest BCUT2D eigenvalue weighted by atomic mass is 10.00. The second-order valence-corrected chi connectivity index (χ2v) is 6.24. The van der Waals surface area contributed by atoms with Crippen molar-refractivity contribution in [3.8, 4) is 0 Å². The van der Waals surface area contributed by atoms with Crippen LogP contribution in [0.4, 0.5) is 11.4 Å². The van der Waals surface area contributed by atoms with E-state index in [0.29, 0.717) is 13.0 Å². The van der Waals surface area contributed by atoms with E-state index in [1.807, 2.05) is 23.1 Å². The molecule has 0 saturated carbocycles. The van der Waals surface area contributed by atoms with Gasteiger partial charge >= 0.3 is 0 Å². The summed E-state index contributed by atoms with van der Waals surface area (Å²) in [5, 5.41) is 0. The first-order valence-corrected chi connectivity index (χ1v) is 7.64. The molecule has 2 aromatic carbocycles. The van der Waals surface area contributed by atoms with Gasteiger partial charge in [0.1, 0.15) is 0 Å². The quantitative estimate of drug-likeness (QED) is 0.644. The monoisotopic (exact) mass is 378 g/mol. The highest BCUT2D eigenvalue weighted by Crippen LogP contribution is 2.30. The topological polar surface area (TPSA) is 46.3 Å². The van der Waals surface area contributed by atoms with Gasteiger partial charge in [-0.1, -0.05) is 12.1 Å². The van der Waals surface area contributed by atoms with Gasteiger partial charge < -0.3 is 10.6 Å². The summed E-state index contributed by atoms with van der Waals surface area (Å²) in [6.07, 6.45) is 1.34. The fraction of sp³-hybridized carbons (Fsp3) is 0.188. The van der Waals surface area contributed by atoms with Crippen molar-refractivity contribution in [3.05, 3.63) is 57.2 Å². The largest absolute Gasteiger partial charge is 0.399 e. The van der Waals surface area contributed by atoms with Gasteiger partial charge in [0.25, 0.3) is 0 Å². The number of carbonyl (C=O) groups is 1. The summed E-state index contributed by atoms with van der Waals surface area (Å²) in [6, 6.07) is 14.1. The maximum absolute atomic E-state index is 12.2. The van der Waals surface area contributed by atoms with Crippen LogP contribution in [0.15, 0.2) is 42.5 Å². The Hall–Kier alpha value is -1.56. The van der Waals surface area contributed by atoms with Gasteiger partial charge in [-0.15, -0.1) is 0 Å². The highest BCUT2D eigenvalue weighted by Gasteiger charge is 2.24. The Morgan fingerprint density at radius 3 is 2.60 bits per heavy atom. The molecule has 4 heteroatoms. The zero-order chi connectivity index (χ0) is 14.1. The predicted molar refractivity (Wildman–Crippen MR) is 89.5 cm³/mol. The van der Waals surface area contributed by atoms with Gasteiger partial charge in [0, 0.05) is 21.4 Å². The minimum atomic E-state index is 0.181. The van der Waals surface area contributed by atoms with Crippen molar-refractivity contribution in [2.45, 2.75) is 19.4 Å². The number of nitrogens with two attached hydrogens (primary N) is 1. The molecule has 0 radical (unpaired) electrons. The number of aryl methyl sites for hydroxylation is 1. The molecule has 1 heterocycles. The van der Waals surface area contributed by atoms with Crippen molar-refractivity contribution < 1.29 is 4.79 Å². The molecule has 1 aliphatic rings. The molecule has 1 amide bonds. The zero-order valence-electron chi connectivity index (χ0n) is 11.0. The molecule has 20 heavy (non-hydrogen) atoms. The summed E-state index contributed by atoms with van der Waals surface area (Å²) < 4.78 is 1.20.